The lowest BCUT2D eigenvalue weighted by Gasteiger charge is -2.05. The molecule has 90 valence electrons. The lowest BCUT2D eigenvalue weighted by molar-refractivity contribution is 0.0920. The molecular weight excluding hydrogens is 218 g/mol. The van der Waals surface area contributed by atoms with Gasteiger partial charge in [0.15, 0.2) is 0 Å². The van der Waals surface area contributed by atoms with Gasteiger partial charge in [-0.15, -0.1) is 0 Å². The maximum absolute atomic E-state index is 11.7. The number of aliphatic hydroxyl groups is 1. The molecule has 0 radical (unpaired) electrons. The number of amides is 1. The van der Waals surface area contributed by atoms with Crippen LogP contribution in [0.5, 0.6) is 0 Å². The molecule has 1 heterocycles. The molecule has 0 aliphatic carbocycles. The van der Waals surface area contributed by atoms with Gasteiger partial charge >= 0.3 is 0 Å². The zero-order valence-electron chi connectivity index (χ0n) is 9.53. The summed E-state index contributed by atoms with van der Waals surface area (Å²) >= 11 is 0. The first-order chi connectivity index (χ1) is 8.06. The molecule has 0 bridgehead atoms. The number of nitrogen functional groups attached to an aromatic ring is 1. The van der Waals surface area contributed by atoms with Crippen LogP contribution in [0.4, 0.5) is 5.69 Å². The zero-order chi connectivity index (χ0) is 12.4. The van der Waals surface area contributed by atoms with Crippen LogP contribution in [0.1, 0.15) is 17.4 Å². The van der Waals surface area contributed by atoms with Gasteiger partial charge in [-0.05, 0) is 31.2 Å². The van der Waals surface area contributed by atoms with E-state index in [1.807, 2.05) is 6.07 Å². The number of aromatic amines is 1. The quantitative estimate of drug-likeness (QED) is 0.592. The highest BCUT2D eigenvalue weighted by Gasteiger charge is 2.09. The number of benzene rings is 1. The highest BCUT2D eigenvalue weighted by molar-refractivity contribution is 5.98. The minimum Gasteiger partial charge on any atom is -0.399 e. The monoisotopic (exact) mass is 233 g/mol. The Kier molecular flexibility index (Phi) is 3.01. The van der Waals surface area contributed by atoms with Crippen molar-refractivity contribution in [3.05, 3.63) is 30.0 Å². The number of aromatic nitrogens is 1. The first-order valence-corrected chi connectivity index (χ1v) is 5.41. The SMILES string of the molecule is CC(O)CNC(=O)c1cc2cc(N)ccc2[nH]1. The van der Waals surface area contributed by atoms with Crippen molar-refractivity contribution in [3.8, 4) is 0 Å². The Balaban J connectivity index is 2.21. The Morgan fingerprint density at radius 2 is 2.29 bits per heavy atom. The lowest BCUT2D eigenvalue weighted by atomic mass is 10.2. The van der Waals surface area contributed by atoms with E-state index in [9.17, 15) is 4.79 Å². The van der Waals surface area contributed by atoms with E-state index in [-0.39, 0.29) is 12.5 Å². The van der Waals surface area contributed by atoms with Crippen molar-refractivity contribution in [1.82, 2.24) is 10.3 Å². The van der Waals surface area contributed by atoms with Crippen LogP contribution in [0.3, 0.4) is 0 Å². The maximum atomic E-state index is 11.7. The maximum Gasteiger partial charge on any atom is 0.267 e. The van der Waals surface area contributed by atoms with Crippen LogP contribution in [0.15, 0.2) is 24.3 Å². The number of rotatable bonds is 3. The summed E-state index contributed by atoms with van der Waals surface area (Å²) in [7, 11) is 0. The largest absolute Gasteiger partial charge is 0.399 e. The highest BCUT2D eigenvalue weighted by atomic mass is 16.3. The Labute approximate surface area is 98.6 Å². The topological polar surface area (TPSA) is 91.1 Å². The van der Waals surface area contributed by atoms with Crippen LogP contribution in [0.2, 0.25) is 0 Å². The fourth-order valence-electron chi connectivity index (χ4n) is 1.61. The third kappa shape index (κ3) is 2.57. The fraction of sp³-hybridized carbons (Fsp3) is 0.250. The number of anilines is 1. The lowest BCUT2D eigenvalue weighted by Crippen LogP contribution is -2.30. The van der Waals surface area contributed by atoms with Crippen molar-refractivity contribution in [2.45, 2.75) is 13.0 Å². The van der Waals surface area contributed by atoms with Crippen LogP contribution in [-0.4, -0.2) is 28.6 Å². The van der Waals surface area contributed by atoms with Gasteiger partial charge in [0.05, 0.1) is 6.10 Å². The standard InChI is InChI=1S/C12H15N3O2/c1-7(16)6-14-12(17)11-5-8-4-9(13)2-3-10(8)15-11/h2-5,7,15-16H,6,13H2,1H3,(H,14,17). The van der Waals surface area contributed by atoms with E-state index in [1.54, 1.807) is 25.1 Å². The smallest absolute Gasteiger partial charge is 0.267 e. The normalized spacial score (nSPS) is 12.6. The molecule has 1 atom stereocenters. The molecule has 2 aromatic rings. The van der Waals surface area contributed by atoms with Crippen LogP contribution in [-0.2, 0) is 0 Å². The third-order valence-corrected chi connectivity index (χ3v) is 2.45. The van der Waals surface area contributed by atoms with Gasteiger partial charge in [-0.1, -0.05) is 0 Å². The number of nitrogens with one attached hydrogen (secondary N) is 2. The molecule has 1 aromatic heterocycles. The second-order valence-electron chi connectivity index (χ2n) is 4.09. The summed E-state index contributed by atoms with van der Waals surface area (Å²) in [4.78, 5) is 14.7. The Bertz CT molecular complexity index is 546. The molecule has 5 nitrogen and oxygen atoms in total. The minimum absolute atomic E-state index is 0.232. The van der Waals surface area contributed by atoms with Crippen molar-refractivity contribution in [2.24, 2.45) is 0 Å². The van der Waals surface area contributed by atoms with Crippen molar-refractivity contribution >= 4 is 22.5 Å². The van der Waals surface area contributed by atoms with Crippen molar-refractivity contribution in [2.75, 3.05) is 12.3 Å². The van der Waals surface area contributed by atoms with Crippen molar-refractivity contribution in [1.29, 1.82) is 0 Å². The van der Waals surface area contributed by atoms with Gasteiger partial charge in [0.1, 0.15) is 5.69 Å². The molecule has 0 aliphatic rings. The molecule has 1 aromatic carbocycles. The molecule has 0 saturated heterocycles. The second-order valence-corrected chi connectivity index (χ2v) is 4.09. The van der Waals surface area contributed by atoms with E-state index in [4.69, 9.17) is 10.8 Å². The Morgan fingerprint density at radius 1 is 1.53 bits per heavy atom. The van der Waals surface area contributed by atoms with Gasteiger partial charge < -0.3 is 21.1 Å². The molecule has 0 fully saturated rings. The molecule has 5 heteroatoms. The molecule has 0 saturated carbocycles. The number of nitrogens with two attached hydrogens (primary N) is 1. The molecule has 0 aliphatic heterocycles. The summed E-state index contributed by atoms with van der Waals surface area (Å²) in [5.41, 5.74) is 7.65. The summed E-state index contributed by atoms with van der Waals surface area (Å²) in [6.45, 7) is 1.85. The summed E-state index contributed by atoms with van der Waals surface area (Å²) in [6, 6.07) is 7.15. The van der Waals surface area contributed by atoms with Crippen LogP contribution >= 0.6 is 0 Å². The summed E-state index contributed by atoms with van der Waals surface area (Å²) in [5, 5.41) is 12.6. The van der Waals surface area contributed by atoms with E-state index >= 15 is 0 Å². The highest BCUT2D eigenvalue weighted by Crippen LogP contribution is 2.18. The van der Waals surface area contributed by atoms with E-state index in [1.165, 1.54) is 0 Å². The van der Waals surface area contributed by atoms with E-state index in [0.717, 1.165) is 10.9 Å². The number of hydrogen-bond donors (Lipinski definition) is 4. The first-order valence-electron chi connectivity index (χ1n) is 5.41. The van der Waals surface area contributed by atoms with E-state index < -0.39 is 6.10 Å². The van der Waals surface area contributed by atoms with Crippen LogP contribution in [0, 0.1) is 0 Å². The van der Waals surface area contributed by atoms with Crippen LogP contribution < -0.4 is 11.1 Å². The molecule has 1 unspecified atom stereocenters. The predicted molar refractivity (Wildman–Crippen MR) is 66.7 cm³/mol. The fourth-order valence-corrected chi connectivity index (χ4v) is 1.61. The van der Waals surface area contributed by atoms with Gasteiger partial charge in [0, 0.05) is 23.1 Å². The van der Waals surface area contributed by atoms with Crippen molar-refractivity contribution in [3.63, 3.8) is 0 Å². The average Bonchev–Trinajstić information content (AvgIpc) is 2.68. The Hall–Kier alpha value is -2.01. The van der Waals surface area contributed by atoms with Gasteiger partial charge in [-0.2, -0.15) is 0 Å². The van der Waals surface area contributed by atoms with Gasteiger partial charge in [-0.25, -0.2) is 0 Å². The summed E-state index contributed by atoms with van der Waals surface area (Å²) in [6.07, 6.45) is -0.557. The first kappa shape index (κ1) is 11.5. The second kappa shape index (κ2) is 4.47. The number of hydrogen-bond acceptors (Lipinski definition) is 3. The number of carbonyl (C=O) groups is 1. The predicted octanol–water partition coefficient (Wildman–Crippen LogP) is 0.861. The number of aliphatic hydroxyl groups excluding tert-OH is 1. The third-order valence-electron chi connectivity index (χ3n) is 2.45. The summed E-state index contributed by atoms with van der Waals surface area (Å²) in [5.74, 6) is -0.235. The zero-order valence-corrected chi connectivity index (χ0v) is 9.53. The summed E-state index contributed by atoms with van der Waals surface area (Å²) < 4.78 is 0. The van der Waals surface area contributed by atoms with E-state index in [0.29, 0.717) is 11.4 Å². The van der Waals surface area contributed by atoms with Crippen LogP contribution in [0.25, 0.3) is 10.9 Å². The number of fused-ring (bicyclic) bond motifs is 1. The minimum atomic E-state index is -0.557. The van der Waals surface area contributed by atoms with Crippen molar-refractivity contribution < 1.29 is 9.90 Å². The van der Waals surface area contributed by atoms with Gasteiger partial charge in [0.25, 0.3) is 5.91 Å². The molecule has 5 N–H and O–H groups in total. The molecule has 1 amide bonds. The molecule has 2 rings (SSSR count). The molecule has 0 spiro atoms. The molecular formula is C12H15N3O2. The van der Waals surface area contributed by atoms with Gasteiger partial charge in [-0.3, -0.25) is 4.79 Å². The van der Waals surface area contributed by atoms with Gasteiger partial charge in [0.2, 0.25) is 0 Å². The van der Waals surface area contributed by atoms with E-state index in [2.05, 4.69) is 10.3 Å². The number of H-pyrrole nitrogens is 1. The molecule has 17 heavy (non-hydrogen) atoms. The number of carbonyl (C=O) groups excluding carboxylic acids is 1. The Morgan fingerprint density at radius 3 is 3.00 bits per heavy atom. The average molecular weight is 233 g/mol.